The summed E-state index contributed by atoms with van der Waals surface area (Å²) in [4.78, 5) is 13.4. The number of amides is 1. The Morgan fingerprint density at radius 3 is 2.47 bits per heavy atom. The van der Waals surface area contributed by atoms with E-state index in [9.17, 15) is 4.79 Å². The third-order valence-corrected chi connectivity index (χ3v) is 3.38. The highest BCUT2D eigenvalue weighted by Crippen LogP contribution is 2.48. The van der Waals surface area contributed by atoms with Crippen molar-refractivity contribution in [2.45, 2.75) is 12.3 Å². The van der Waals surface area contributed by atoms with Crippen molar-refractivity contribution in [3.05, 3.63) is 34.3 Å². The van der Waals surface area contributed by atoms with Gasteiger partial charge in [0.15, 0.2) is 0 Å². The highest BCUT2D eigenvalue weighted by atomic mass is 79.9. The van der Waals surface area contributed by atoms with Gasteiger partial charge in [0.1, 0.15) is 0 Å². The molecule has 2 rings (SSSR count). The lowest BCUT2D eigenvalue weighted by Crippen LogP contribution is -2.23. The maximum atomic E-state index is 11.7. The molecule has 1 amide bonds. The molecule has 0 radical (unpaired) electrons. The summed E-state index contributed by atoms with van der Waals surface area (Å²) in [5, 5.41) is 0. The molecule has 1 fully saturated rings. The molecule has 1 aromatic carbocycles. The fourth-order valence-corrected chi connectivity index (χ4v) is 2.14. The molecule has 1 saturated carbocycles. The molecule has 2 atom stereocenters. The van der Waals surface area contributed by atoms with E-state index in [1.165, 1.54) is 5.56 Å². The molecule has 0 saturated heterocycles. The van der Waals surface area contributed by atoms with Crippen LogP contribution in [0.2, 0.25) is 0 Å². The van der Waals surface area contributed by atoms with Gasteiger partial charge in [-0.1, -0.05) is 28.1 Å². The Labute approximate surface area is 98.4 Å². The molecule has 0 N–H and O–H groups in total. The predicted molar refractivity (Wildman–Crippen MR) is 63.7 cm³/mol. The van der Waals surface area contributed by atoms with Gasteiger partial charge in [-0.15, -0.1) is 0 Å². The van der Waals surface area contributed by atoms with E-state index >= 15 is 0 Å². The van der Waals surface area contributed by atoms with Crippen LogP contribution in [-0.4, -0.2) is 24.9 Å². The number of carbonyl (C=O) groups is 1. The molecular formula is C12H14BrNO. The summed E-state index contributed by atoms with van der Waals surface area (Å²) in [5.41, 5.74) is 1.28. The predicted octanol–water partition coefficient (Wildman–Crippen LogP) is 2.64. The summed E-state index contributed by atoms with van der Waals surface area (Å²) in [6.45, 7) is 0. The number of rotatable bonds is 2. The minimum Gasteiger partial charge on any atom is -0.349 e. The fraction of sp³-hybridized carbons (Fsp3) is 0.417. The largest absolute Gasteiger partial charge is 0.349 e. The zero-order chi connectivity index (χ0) is 11.0. The maximum absolute atomic E-state index is 11.7. The first-order valence-electron chi connectivity index (χ1n) is 5.06. The molecule has 80 valence electrons. The van der Waals surface area contributed by atoms with Gasteiger partial charge in [-0.3, -0.25) is 4.79 Å². The molecular weight excluding hydrogens is 254 g/mol. The Morgan fingerprint density at radius 2 is 1.93 bits per heavy atom. The number of halogens is 1. The number of carbonyl (C=O) groups excluding carboxylic acids is 1. The SMILES string of the molecule is CN(C)C(=O)C1CC1c1ccc(Br)cc1. The van der Waals surface area contributed by atoms with Gasteiger partial charge < -0.3 is 4.90 Å². The van der Waals surface area contributed by atoms with Crippen LogP contribution in [0.3, 0.4) is 0 Å². The average Bonchev–Trinajstić information content (AvgIpc) is 2.97. The maximum Gasteiger partial charge on any atom is 0.225 e. The first kappa shape index (κ1) is 10.7. The minimum atomic E-state index is 0.209. The van der Waals surface area contributed by atoms with Crippen molar-refractivity contribution in [1.29, 1.82) is 0 Å². The number of hydrogen-bond donors (Lipinski definition) is 0. The van der Waals surface area contributed by atoms with Crippen LogP contribution in [0, 0.1) is 5.92 Å². The van der Waals surface area contributed by atoms with Crippen LogP contribution in [-0.2, 0) is 4.79 Å². The molecule has 1 aliphatic carbocycles. The van der Waals surface area contributed by atoms with E-state index in [0.717, 1.165) is 10.9 Å². The van der Waals surface area contributed by atoms with Gasteiger partial charge in [0.05, 0.1) is 0 Å². The van der Waals surface area contributed by atoms with Gasteiger partial charge in [-0.05, 0) is 30.0 Å². The Morgan fingerprint density at radius 1 is 1.33 bits per heavy atom. The summed E-state index contributed by atoms with van der Waals surface area (Å²) >= 11 is 3.41. The van der Waals surface area contributed by atoms with Crippen LogP contribution in [0.1, 0.15) is 17.9 Å². The second-order valence-corrected chi connectivity index (χ2v) is 5.15. The fourth-order valence-electron chi connectivity index (χ4n) is 1.88. The lowest BCUT2D eigenvalue weighted by molar-refractivity contribution is -0.130. The lowest BCUT2D eigenvalue weighted by Gasteiger charge is -2.09. The van der Waals surface area contributed by atoms with Crippen molar-refractivity contribution in [3.63, 3.8) is 0 Å². The standard InChI is InChI=1S/C12H14BrNO/c1-14(2)12(15)11-7-10(11)8-3-5-9(13)6-4-8/h3-6,10-11H,7H2,1-2H3. The molecule has 1 aromatic rings. The van der Waals surface area contributed by atoms with Crippen LogP contribution < -0.4 is 0 Å². The van der Waals surface area contributed by atoms with Crippen LogP contribution >= 0.6 is 15.9 Å². The number of hydrogen-bond acceptors (Lipinski definition) is 1. The van der Waals surface area contributed by atoms with E-state index in [1.54, 1.807) is 4.90 Å². The van der Waals surface area contributed by atoms with Crippen molar-refractivity contribution >= 4 is 21.8 Å². The Balaban J connectivity index is 2.05. The zero-order valence-electron chi connectivity index (χ0n) is 8.90. The van der Waals surface area contributed by atoms with Crippen molar-refractivity contribution in [1.82, 2.24) is 4.90 Å². The molecule has 0 heterocycles. The van der Waals surface area contributed by atoms with Gasteiger partial charge in [-0.25, -0.2) is 0 Å². The van der Waals surface area contributed by atoms with E-state index in [0.29, 0.717) is 5.92 Å². The Kier molecular flexibility index (Phi) is 2.83. The second-order valence-electron chi connectivity index (χ2n) is 4.23. The van der Waals surface area contributed by atoms with Gasteiger partial charge in [-0.2, -0.15) is 0 Å². The molecule has 15 heavy (non-hydrogen) atoms. The first-order chi connectivity index (χ1) is 7.09. The van der Waals surface area contributed by atoms with E-state index in [1.807, 2.05) is 26.2 Å². The van der Waals surface area contributed by atoms with E-state index in [4.69, 9.17) is 0 Å². The Bertz CT molecular complexity index is 372. The van der Waals surface area contributed by atoms with Crippen molar-refractivity contribution < 1.29 is 4.79 Å². The first-order valence-corrected chi connectivity index (χ1v) is 5.85. The smallest absolute Gasteiger partial charge is 0.225 e. The van der Waals surface area contributed by atoms with Gasteiger partial charge in [0, 0.05) is 24.5 Å². The minimum absolute atomic E-state index is 0.209. The molecule has 3 heteroatoms. The summed E-state index contributed by atoms with van der Waals surface area (Å²) in [5.74, 6) is 0.900. The van der Waals surface area contributed by atoms with Gasteiger partial charge in [0.2, 0.25) is 5.91 Å². The van der Waals surface area contributed by atoms with Gasteiger partial charge in [0.25, 0.3) is 0 Å². The van der Waals surface area contributed by atoms with Crippen LogP contribution in [0.5, 0.6) is 0 Å². The van der Waals surface area contributed by atoms with Crippen molar-refractivity contribution in [2.75, 3.05) is 14.1 Å². The van der Waals surface area contributed by atoms with Crippen molar-refractivity contribution in [2.24, 2.45) is 5.92 Å². The van der Waals surface area contributed by atoms with E-state index in [-0.39, 0.29) is 11.8 Å². The van der Waals surface area contributed by atoms with Crippen LogP contribution in [0.15, 0.2) is 28.7 Å². The molecule has 1 aliphatic rings. The third kappa shape index (κ3) is 2.23. The monoisotopic (exact) mass is 267 g/mol. The van der Waals surface area contributed by atoms with E-state index in [2.05, 4.69) is 28.1 Å². The summed E-state index contributed by atoms with van der Waals surface area (Å²) < 4.78 is 1.09. The van der Waals surface area contributed by atoms with E-state index < -0.39 is 0 Å². The molecule has 0 bridgehead atoms. The number of benzene rings is 1. The topological polar surface area (TPSA) is 20.3 Å². The van der Waals surface area contributed by atoms with Crippen molar-refractivity contribution in [3.8, 4) is 0 Å². The van der Waals surface area contributed by atoms with Crippen LogP contribution in [0.25, 0.3) is 0 Å². The molecule has 2 nitrogen and oxygen atoms in total. The molecule has 0 spiro atoms. The molecule has 0 aliphatic heterocycles. The summed E-state index contributed by atoms with van der Waals surface area (Å²) in [6.07, 6.45) is 0.999. The zero-order valence-corrected chi connectivity index (χ0v) is 10.5. The third-order valence-electron chi connectivity index (χ3n) is 2.85. The summed E-state index contributed by atoms with van der Waals surface area (Å²) in [6, 6.07) is 8.26. The second kappa shape index (κ2) is 3.97. The Hall–Kier alpha value is -0.830. The highest BCUT2D eigenvalue weighted by Gasteiger charge is 2.44. The van der Waals surface area contributed by atoms with Crippen LogP contribution in [0.4, 0.5) is 0 Å². The quantitative estimate of drug-likeness (QED) is 0.807. The average molecular weight is 268 g/mol. The summed E-state index contributed by atoms with van der Waals surface area (Å²) in [7, 11) is 3.64. The highest BCUT2D eigenvalue weighted by molar-refractivity contribution is 9.10. The lowest BCUT2D eigenvalue weighted by atomic mass is 10.1. The molecule has 0 aromatic heterocycles. The van der Waals surface area contributed by atoms with Gasteiger partial charge >= 0.3 is 0 Å². The number of nitrogens with zero attached hydrogens (tertiary/aromatic N) is 1. The molecule has 2 unspecified atom stereocenters. The normalized spacial score (nSPS) is 23.7.